The minimum atomic E-state index is -2.76. The number of nitrogens with zero attached hydrogens (tertiary/aromatic N) is 1. The van der Waals surface area contributed by atoms with Gasteiger partial charge in [0.25, 0.3) is 0 Å². The number of carbonyl (C=O) groups is 1. The van der Waals surface area contributed by atoms with Crippen LogP contribution in [-0.2, 0) is 6.42 Å². The quantitative estimate of drug-likeness (QED) is 0.699. The summed E-state index contributed by atoms with van der Waals surface area (Å²) in [6.07, 6.45) is 0.869. The van der Waals surface area contributed by atoms with Crippen LogP contribution in [0, 0.1) is 17.6 Å². The van der Waals surface area contributed by atoms with Gasteiger partial charge in [0.1, 0.15) is 11.6 Å². The van der Waals surface area contributed by atoms with E-state index in [1.165, 1.54) is 6.92 Å². The summed E-state index contributed by atoms with van der Waals surface area (Å²) >= 11 is 0. The van der Waals surface area contributed by atoms with Crippen molar-refractivity contribution >= 4 is 6.03 Å². The van der Waals surface area contributed by atoms with Crippen molar-refractivity contribution in [3.05, 3.63) is 35.4 Å². The number of amides is 2. The van der Waals surface area contributed by atoms with Gasteiger partial charge in [-0.3, -0.25) is 0 Å². The van der Waals surface area contributed by atoms with Crippen LogP contribution in [0.1, 0.15) is 38.2 Å². The molecule has 1 unspecified atom stereocenters. The molecular weight excluding hydrogens is 362 g/mol. The van der Waals surface area contributed by atoms with Gasteiger partial charge in [-0.2, -0.15) is 0 Å². The summed E-state index contributed by atoms with van der Waals surface area (Å²) < 4.78 is 53.4. The number of alkyl halides is 2. The van der Waals surface area contributed by atoms with Gasteiger partial charge in [-0.1, -0.05) is 6.92 Å². The number of benzene rings is 1. The molecule has 0 aromatic heterocycles. The Bertz CT molecular complexity index is 633. The number of piperidine rings is 1. The van der Waals surface area contributed by atoms with Crippen molar-refractivity contribution in [2.45, 2.75) is 51.0 Å². The van der Waals surface area contributed by atoms with Gasteiger partial charge in [-0.15, -0.1) is 0 Å². The van der Waals surface area contributed by atoms with E-state index in [4.69, 9.17) is 5.73 Å². The van der Waals surface area contributed by atoms with Gasteiger partial charge in [0, 0.05) is 38.5 Å². The maximum Gasteiger partial charge on any atom is 0.317 e. The van der Waals surface area contributed by atoms with Gasteiger partial charge >= 0.3 is 6.03 Å². The largest absolute Gasteiger partial charge is 0.338 e. The first kappa shape index (κ1) is 21.5. The highest BCUT2D eigenvalue weighted by Gasteiger charge is 2.29. The Morgan fingerprint density at radius 2 is 2.00 bits per heavy atom. The highest BCUT2D eigenvalue weighted by Crippen LogP contribution is 2.24. The number of rotatable bonds is 7. The number of likely N-dealkylation sites (tertiary alicyclic amines) is 1. The maximum absolute atomic E-state index is 13.8. The van der Waals surface area contributed by atoms with Crippen LogP contribution in [0.25, 0.3) is 0 Å². The number of carbonyl (C=O) groups excluding carboxylic acids is 1. The lowest BCUT2D eigenvalue weighted by Gasteiger charge is -2.35. The molecule has 0 radical (unpaired) electrons. The topological polar surface area (TPSA) is 58.4 Å². The Morgan fingerprint density at radius 3 is 2.63 bits per heavy atom. The first-order chi connectivity index (χ1) is 12.7. The summed E-state index contributed by atoms with van der Waals surface area (Å²) in [7, 11) is 0. The van der Waals surface area contributed by atoms with E-state index in [0.717, 1.165) is 18.2 Å². The SMILES string of the molecule is CCC(F)(F)CCNC(=O)N1CCC(C(N)Cc2cc(F)ccc2F)CC1. The predicted molar refractivity (Wildman–Crippen MR) is 95.6 cm³/mol. The zero-order valence-corrected chi connectivity index (χ0v) is 15.5. The molecular formula is C19H27F4N3O. The molecule has 1 heterocycles. The van der Waals surface area contributed by atoms with Crippen molar-refractivity contribution in [1.82, 2.24) is 10.2 Å². The molecule has 0 saturated carbocycles. The monoisotopic (exact) mass is 389 g/mol. The molecule has 4 nitrogen and oxygen atoms in total. The molecule has 0 spiro atoms. The second kappa shape index (κ2) is 9.39. The summed E-state index contributed by atoms with van der Waals surface area (Å²) in [5.41, 5.74) is 6.42. The normalized spacial score (nSPS) is 17.0. The molecule has 0 aliphatic carbocycles. The van der Waals surface area contributed by atoms with E-state index in [-0.39, 0.29) is 49.4 Å². The van der Waals surface area contributed by atoms with E-state index in [1.54, 1.807) is 4.90 Å². The molecule has 152 valence electrons. The first-order valence-electron chi connectivity index (χ1n) is 9.32. The van der Waals surface area contributed by atoms with Gasteiger partial charge in [-0.25, -0.2) is 22.4 Å². The molecule has 1 saturated heterocycles. The van der Waals surface area contributed by atoms with E-state index < -0.39 is 17.6 Å². The molecule has 1 atom stereocenters. The lowest BCUT2D eigenvalue weighted by molar-refractivity contribution is -0.0103. The molecule has 1 aromatic rings. The highest BCUT2D eigenvalue weighted by atomic mass is 19.3. The van der Waals surface area contributed by atoms with Crippen molar-refractivity contribution in [1.29, 1.82) is 0 Å². The Labute approximate surface area is 157 Å². The molecule has 8 heteroatoms. The first-order valence-corrected chi connectivity index (χ1v) is 9.32. The minimum absolute atomic E-state index is 0.0715. The standard InChI is InChI=1S/C19H27F4N3O/c1-2-19(22,23)7-8-25-18(27)26-9-5-13(6-10-26)17(24)12-14-11-15(20)3-4-16(14)21/h3-4,11,13,17H,2,5-10,12,24H2,1H3,(H,25,27). The second-order valence-electron chi connectivity index (χ2n) is 7.12. The molecule has 2 rings (SSSR count). The molecule has 1 fully saturated rings. The highest BCUT2D eigenvalue weighted by molar-refractivity contribution is 5.74. The zero-order valence-electron chi connectivity index (χ0n) is 15.5. The van der Waals surface area contributed by atoms with Crippen LogP contribution < -0.4 is 11.1 Å². The Kier molecular flexibility index (Phi) is 7.47. The number of urea groups is 1. The Hall–Kier alpha value is -1.83. The Morgan fingerprint density at radius 1 is 1.33 bits per heavy atom. The molecule has 2 amide bonds. The van der Waals surface area contributed by atoms with Crippen molar-refractivity contribution < 1.29 is 22.4 Å². The maximum atomic E-state index is 13.8. The third-order valence-electron chi connectivity index (χ3n) is 5.18. The van der Waals surface area contributed by atoms with E-state index in [0.29, 0.717) is 25.9 Å². The number of hydrogen-bond acceptors (Lipinski definition) is 2. The number of nitrogens with one attached hydrogen (secondary N) is 1. The molecule has 1 aromatic carbocycles. The fraction of sp³-hybridized carbons (Fsp3) is 0.632. The zero-order chi connectivity index (χ0) is 20.0. The van der Waals surface area contributed by atoms with Crippen LogP contribution in [0.2, 0.25) is 0 Å². The smallest absolute Gasteiger partial charge is 0.317 e. The lowest BCUT2D eigenvalue weighted by Crippen LogP contribution is -2.48. The van der Waals surface area contributed by atoms with Crippen LogP contribution in [-0.4, -0.2) is 42.5 Å². The van der Waals surface area contributed by atoms with E-state index in [1.807, 2.05) is 0 Å². The van der Waals surface area contributed by atoms with Crippen LogP contribution in [0.5, 0.6) is 0 Å². The molecule has 1 aliphatic rings. The number of halogens is 4. The number of hydrogen-bond donors (Lipinski definition) is 2. The molecule has 1 aliphatic heterocycles. The van der Waals surface area contributed by atoms with Gasteiger partial charge in [-0.05, 0) is 48.9 Å². The average Bonchev–Trinajstić information content (AvgIpc) is 2.64. The van der Waals surface area contributed by atoms with E-state index in [2.05, 4.69) is 5.32 Å². The van der Waals surface area contributed by atoms with Gasteiger partial charge in [0.15, 0.2) is 0 Å². The fourth-order valence-corrected chi connectivity index (χ4v) is 3.29. The van der Waals surface area contributed by atoms with Crippen molar-refractivity contribution in [3.63, 3.8) is 0 Å². The van der Waals surface area contributed by atoms with Crippen LogP contribution in [0.15, 0.2) is 18.2 Å². The molecule has 3 N–H and O–H groups in total. The fourth-order valence-electron chi connectivity index (χ4n) is 3.29. The lowest BCUT2D eigenvalue weighted by atomic mass is 9.86. The second-order valence-corrected chi connectivity index (χ2v) is 7.12. The van der Waals surface area contributed by atoms with Gasteiger partial charge in [0.05, 0.1) is 0 Å². The van der Waals surface area contributed by atoms with Gasteiger partial charge in [0.2, 0.25) is 5.92 Å². The molecule has 27 heavy (non-hydrogen) atoms. The van der Waals surface area contributed by atoms with E-state index in [9.17, 15) is 22.4 Å². The summed E-state index contributed by atoms with van der Waals surface area (Å²) in [6.45, 7) is 2.25. The Balaban J connectivity index is 1.77. The van der Waals surface area contributed by atoms with Crippen molar-refractivity contribution in [2.75, 3.05) is 19.6 Å². The van der Waals surface area contributed by atoms with Gasteiger partial charge < -0.3 is 16.0 Å². The minimum Gasteiger partial charge on any atom is -0.338 e. The van der Waals surface area contributed by atoms with Crippen LogP contribution >= 0.6 is 0 Å². The van der Waals surface area contributed by atoms with Crippen LogP contribution in [0.3, 0.4) is 0 Å². The third kappa shape index (κ3) is 6.37. The summed E-state index contributed by atoms with van der Waals surface area (Å²) in [5.74, 6) is -3.66. The predicted octanol–water partition coefficient (Wildman–Crippen LogP) is 3.69. The molecule has 0 bridgehead atoms. The third-order valence-corrected chi connectivity index (χ3v) is 5.18. The summed E-state index contributed by atoms with van der Waals surface area (Å²) in [4.78, 5) is 13.6. The van der Waals surface area contributed by atoms with E-state index >= 15 is 0 Å². The van der Waals surface area contributed by atoms with Crippen molar-refractivity contribution in [3.8, 4) is 0 Å². The average molecular weight is 389 g/mol. The number of nitrogens with two attached hydrogens (primary N) is 1. The van der Waals surface area contributed by atoms with Crippen LogP contribution in [0.4, 0.5) is 22.4 Å². The summed E-state index contributed by atoms with van der Waals surface area (Å²) in [5, 5.41) is 2.52. The van der Waals surface area contributed by atoms with Crippen molar-refractivity contribution in [2.24, 2.45) is 11.7 Å². The summed E-state index contributed by atoms with van der Waals surface area (Å²) in [6, 6.07) is 2.62.